The molecule has 1 heterocycles. The number of benzene rings is 1. The van der Waals surface area contributed by atoms with Crippen molar-refractivity contribution in [1.29, 1.82) is 0 Å². The molecular weight excluding hydrogens is 192 g/mol. The van der Waals surface area contributed by atoms with Crippen molar-refractivity contribution in [1.82, 2.24) is 0 Å². The number of Topliss-reactive ketones (excluding diaryl/α,β-unsaturated/α-hetero) is 1. The van der Waals surface area contributed by atoms with Crippen LogP contribution in [0.15, 0.2) is 35.9 Å². The van der Waals surface area contributed by atoms with E-state index in [9.17, 15) is 9.59 Å². The van der Waals surface area contributed by atoms with Crippen molar-refractivity contribution in [2.45, 2.75) is 6.10 Å². The Morgan fingerprint density at radius 3 is 2.47 bits per heavy atom. The van der Waals surface area contributed by atoms with Gasteiger partial charge in [-0.25, -0.2) is 0 Å². The lowest BCUT2D eigenvalue weighted by atomic mass is 9.88. The first-order valence-electron chi connectivity index (χ1n) is 4.78. The molecule has 1 fully saturated rings. The van der Waals surface area contributed by atoms with Gasteiger partial charge in [-0.2, -0.15) is 0 Å². The van der Waals surface area contributed by atoms with Crippen molar-refractivity contribution in [2.24, 2.45) is 0 Å². The lowest BCUT2D eigenvalue weighted by molar-refractivity contribution is 0.0978. The third kappa shape index (κ3) is 1.24. The van der Waals surface area contributed by atoms with Crippen LogP contribution in [0, 0.1) is 0 Å². The average Bonchev–Trinajstić information content (AvgIpc) is 3.07. The first kappa shape index (κ1) is 8.56. The molecule has 1 aromatic carbocycles. The van der Waals surface area contributed by atoms with Crippen LogP contribution in [0.25, 0.3) is 0 Å². The summed E-state index contributed by atoms with van der Waals surface area (Å²) in [5.74, 6) is -0.177. The molecule has 1 aromatic rings. The van der Waals surface area contributed by atoms with Gasteiger partial charge in [0.2, 0.25) is 0 Å². The van der Waals surface area contributed by atoms with Gasteiger partial charge in [-0.1, -0.05) is 24.3 Å². The summed E-state index contributed by atoms with van der Waals surface area (Å²) < 4.78 is 5.04. The fraction of sp³-hybridized carbons (Fsp3) is 0.167. The third-order valence-electron chi connectivity index (χ3n) is 2.67. The minimum absolute atomic E-state index is 0.0762. The van der Waals surface area contributed by atoms with Crippen molar-refractivity contribution in [3.05, 3.63) is 47.0 Å². The predicted octanol–water partition coefficient (Wildman–Crippen LogP) is 1.39. The highest BCUT2D eigenvalue weighted by atomic mass is 16.6. The maximum atomic E-state index is 11.9. The molecule has 0 radical (unpaired) electrons. The molecule has 74 valence electrons. The van der Waals surface area contributed by atoms with Gasteiger partial charge in [0.25, 0.3) is 0 Å². The predicted molar refractivity (Wildman–Crippen MR) is 52.9 cm³/mol. The molecule has 3 nitrogen and oxygen atoms in total. The lowest BCUT2D eigenvalue weighted by Crippen LogP contribution is -2.19. The van der Waals surface area contributed by atoms with E-state index < -0.39 is 0 Å². The molecule has 0 N–H and O–H groups in total. The molecule has 15 heavy (non-hydrogen) atoms. The number of ketones is 2. The number of ether oxygens (including phenoxy) is 1. The van der Waals surface area contributed by atoms with Gasteiger partial charge in [0.1, 0.15) is 6.10 Å². The summed E-state index contributed by atoms with van der Waals surface area (Å²) >= 11 is 0. The Balaban J connectivity index is 2.15. The molecule has 1 aliphatic heterocycles. The van der Waals surface area contributed by atoms with Crippen LogP contribution >= 0.6 is 0 Å². The quantitative estimate of drug-likeness (QED) is 0.643. The number of hydrogen-bond acceptors (Lipinski definition) is 3. The molecule has 1 atom stereocenters. The maximum Gasteiger partial charge on any atom is 0.192 e. The Morgan fingerprint density at radius 2 is 1.80 bits per heavy atom. The fourth-order valence-electron chi connectivity index (χ4n) is 1.80. The van der Waals surface area contributed by atoms with E-state index in [1.165, 1.54) is 6.08 Å². The number of hydrogen-bond donors (Lipinski definition) is 0. The molecule has 1 unspecified atom stereocenters. The molecule has 0 amide bonds. The summed E-state index contributed by atoms with van der Waals surface area (Å²) in [7, 11) is 0. The highest BCUT2D eigenvalue weighted by molar-refractivity contribution is 6.25. The second kappa shape index (κ2) is 2.87. The molecule has 1 aliphatic carbocycles. The minimum atomic E-state index is -0.158. The minimum Gasteiger partial charge on any atom is -0.368 e. The van der Waals surface area contributed by atoms with Gasteiger partial charge in [-0.15, -0.1) is 0 Å². The fourth-order valence-corrected chi connectivity index (χ4v) is 1.80. The largest absolute Gasteiger partial charge is 0.368 e. The molecule has 3 heteroatoms. The summed E-state index contributed by atoms with van der Waals surface area (Å²) in [6.45, 7) is 0.549. The Hall–Kier alpha value is -1.74. The van der Waals surface area contributed by atoms with E-state index in [4.69, 9.17) is 4.74 Å². The van der Waals surface area contributed by atoms with Crippen molar-refractivity contribution < 1.29 is 14.3 Å². The normalized spacial score (nSPS) is 23.5. The lowest BCUT2D eigenvalue weighted by Gasteiger charge is -2.12. The van der Waals surface area contributed by atoms with E-state index in [1.807, 2.05) is 0 Å². The topological polar surface area (TPSA) is 46.7 Å². The Bertz CT molecular complexity index is 495. The zero-order valence-corrected chi connectivity index (χ0v) is 7.90. The van der Waals surface area contributed by atoms with Crippen molar-refractivity contribution in [2.75, 3.05) is 6.61 Å². The van der Waals surface area contributed by atoms with Crippen LogP contribution in [0.4, 0.5) is 0 Å². The molecule has 0 aromatic heterocycles. The first-order valence-corrected chi connectivity index (χ1v) is 4.78. The number of allylic oxidation sites excluding steroid dienone is 1. The van der Waals surface area contributed by atoms with Crippen molar-refractivity contribution in [3.63, 3.8) is 0 Å². The highest BCUT2D eigenvalue weighted by Gasteiger charge is 2.36. The Kier molecular flexibility index (Phi) is 1.64. The monoisotopic (exact) mass is 200 g/mol. The number of rotatable bonds is 1. The molecule has 0 spiro atoms. The molecule has 0 bridgehead atoms. The van der Waals surface area contributed by atoms with Crippen LogP contribution in [0.1, 0.15) is 20.7 Å². The van der Waals surface area contributed by atoms with E-state index in [-0.39, 0.29) is 17.7 Å². The van der Waals surface area contributed by atoms with E-state index in [0.29, 0.717) is 23.3 Å². The van der Waals surface area contributed by atoms with Crippen LogP contribution in [0.3, 0.4) is 0 Å². The van der Waals surface area contributed by atoms with Gasteiger partial charge >= 0.3 is 0 Å². The first-order chi connectivity index (χ1) is 7.27. The van der Waals surface area contributed by atoms with Gasteiger partial charge in [-0.3, -0.25) is 9.59 Å². The Labute approximate surface area is 86.4 Å². The SMILES string of the molecule is O=C1C=C(C2CO2)C(=O)c2ccccc21. The maximum absolute atomic E-state index is 11.9. The smallest absolute Gasteiger partial charge is 0.192 e. The average molecular weight is 200 g/mol. The zero-order chi connectivity index (χ0) is 10.4. The summed E-state index contributed by atoms with van der Waals surface area (Å²) in [5.41, 5.74) is 1.49. The molecule has 2 aliphatic rings. The van der Waals surface area contributed by atoms with Crippen LogP contribution in [0.5, 0.6) is 0 Å². The number of carbonyl (C=O) groups is 2. The summed E-state index contributed by atoms with van der Waals surface area (Å²) in [5, 5.41) is 0. The summed E-state index contributed by atoms with van der Waals surface area (Å²) in [4.78, 5) is 23.6. The standard InChI is InChI=1S/C12H8O3/c13-10-5-9(11-6-15-11)12(14)8-4-2-1-3-7(8)10/h1-5,11H,6H2. The molecule has 3 rings (SSSR count). The Morgan fingerprint density at radius 1 is 1.13 bits per heavy atom. The third-order valence-corrected chi connectivity index (χ3v) is 2.67. The van der Waals surface area contributed by atoms with E-state index in [0.717, 1.165) is 0 Å². The molecule has 1 saturated heterocycles. The number of carbonyl (C=O) groups excluding carboxylic acids is 2. The van der Waals surface area contributed by atoms with Crippen molar-refractivity contribution in [3.8, 4) is 0 Å². The second-order valence-electron chi connectivity index (χ2n) is 3.66. The van der Waals surface area contributed by atoms with Gasteiger partial charge in [0.05, 0.1) is 6.61 Å². The van der Waals surface area contributed by atoms with Gasteiger partial charge in [-0.05, 0) is 6.08 Å². The van der Waals surface area contributed by atoms with Gasteiger partial charge in [0, 0.05) is 16.7 Å². The number of fused-ring (bicyclic) bond motifs is 1. The molecule has 0 saturated carbocycles. The van der Waals surface area contributed by atoms with E-state index in [2.05, 4.69) is 0 Å². The summed E-state index contributed by atoms with van der Waals surface area (Å²) in [6, 6.07) is 6.89. The second-order valence-corrected chi connectivity index (χ2v) is 3.66. The van der Waals surface area contributed by atoms with Crippen LogP contribution < -0.4 is 0 Å². The van der Waals surface area contributed by atoms with Crippen LogP contribution in [-0.4, -0.2) is 24.3 Å². The van der Waals surface area contributed by atoms with Crippen molar-refractivity contribution >= 4 is 11.6 Å². The summed E-state index contributed by atoms with van der Waals surface area (Å²) in [6.07, 6.45) is 1.25. The molecular formula is C12H8O3. The van der Waals surface area contributed by atoms with E-state index >= 15 is 0 Å². The highest BCUT2D eigenvalue weighted by Crippen LogP contribution is 2.28. The zero-order valence-electron chi connectivity index (χ0n) is 7.90. The van der Waals surface area contributed by atoms with Gasteiger partial charge < -0.3 is 4.74 Å². The number of epoxide rings is 1. The van der Waals surface area contributed by atoms with E-state index in [1.54, 1.807) is 24.3 Å². The van der Waals surface area contributed by atoms with Gasteiger partial charge in [0.15, 0.2) is 11.6 Å². The van der Waals surface area contributed by atoms with Crippen LogP contribution in [0.2, 0.25) is 0 Å². The van der Waals surface area contributed by atoms with Crippen LogP contribution in [-0.2, 0) is 4.74 Å².